The summed E-state index contributed by atoms with van der Waals surface area (Å²) >= 11 is 0. The minimum absolute atomic E-state index is 0.108. The third-order valence-electron chi connectivity index (χ3n) is 3.17. The molecule has 0 saturated heterocycles. The molecule has 0 aliphatic carbocycles. The number of unbranched alkanes of at least 4 members (excludes halogenated alkanes) is 1. The summed E-state index contributed by atoms with van der Waals surface area (Å²) in [6.07, 6.45) is 4.70. The second-order valence-corrected chi connectivity index (χ2v) is 4.90. The van der Waals surface area contributed by atoms with Crippen LogP contribution < -0.4 is 0 Å². The second kappa shape index (κ2) is 9.90. The molecule has 0 aliphatic heterocycles. The van der Waals surface area contributed by atoms with Crippen molar-refractivity contribution in [2.45, 2.75) is 52.6 Å². The lowest BCUT2D eigenvalue weighted by molar-refractivity contribution is 0.0551. The van der Waals surface area contributed by atoms with Crippen LogP contribution in [0.5, 0.6) is 0 Å². The van der Waals surface area contributed by atoms with E-state index in [4.69, 9.17) is 4.74 Å². The molecule has 110 valence electrons. The van der Waals surface area contributed by atoms with Crippen LogP contribution in [0.1, 0.15) is 46.5 Å². The lowest BCUT2D eigenvalue weighted by Gasteiger charge is -2.17. The fraction of sp³-hybridized carbons (Fsp3) is 0.625. The molecule has 0 aromatic heterocycles. The average molecular weight is 272 g/mol. The molecule has 3 heteroatoms. The molecule has 2 atom stereocenters. The molecule has 0 aromatic carbocycles. The Labute approximate surface area is 116 Å². The first-order chi connectivity index (χ1) is 8.93. The molecule has 0 rings (SSSR count). The molecule has 0 amide bonds. The van der Waals surface area contributed by atoms with Gasteiger partial charge in [-0.1, -0.05) is 33.4 Å². The first-order valence-corrected chi connectivity index (χ1v) is 6.92. The number of allylic oxidation sites excluding steroid dienone is 4. The number of hydrogen-bond acceptors (Lipinski definition) is 1. The van der Waals surface area contributed by atoms with E-state index in [0.29, 0.717) is 0 Å². The molecule has 0 heterocycles. The van der Waals surface area contributed by atoms with Gasteiger partial charge in [0.1, 0.15) is 0 Å². The zero-order valence-corrected chi connectivity index (χ0v) is 12.3. The summed E-state index contributed by atoms with van der Waals surface area (Å²) in [4.78, 5) is 0. The predicted molar refractivity (Wildman–Crippen MR) is 77.3 cm³/mol. The number of halogens is 2. The van der Waals surface area contributed by atoms with Gasteiger partial charge in [-0.2, -0.15) is 0 Å². The van der Waals surface area contributed by atoms with E-state index in [1.165, 1.54) is 0 Å². The number of ether oxygens (including phenoxy) is 1. The summed E-state index contributed by atoms with van der Waals surface area (Å²) in [5, 5.41) is 0. The molecule has 0 fully saturated rings. The first kappa shape index (κ1) is 18.0. The average Bonchev–Trinajstić information content (AvgIpc) is 2.42. The summed E-state index contributed by atoms with van der Waals surface area (Å²) in [7, 11) is 0. The Morgan fingerprint density at radius 3 is 2.42 bits per heavy atom. The Balaban J connectivity index is 4.14. The Morgan fingerprint density at radius 1 is 1.26 bits per heavy atom. The van der Waals surface area contributed by atoms with E-state index < -0.39 is 11.7 Å². The monoisotopic (exact) mass is 272 g/mol. The van der Waals surface area contributed by atoms with E-state index in [2.05, 4.69) is 20.1 Å². The van der Waals surface area contributed by atoms with Crippen molar-refractivity contribution in [2.24, 2.45) is 5.92 Å². The van der Waals surface area contributed by atoms with Crippen molar-refractivity contribution in [3.63, 3.8) is 0 Å². The smallest absolute Gasteiger partial charge is 0.161 e. The summed E-state index contributed by atoms with van der Waals surface area (Å²) in [5.41, 5.74) is 0.193. The summed E-state index contributed by atoms with van der Waals surface area (Å²) in [5.74, 6) is -1.94. The fourth-order valence-electron chi connectivity index (χ4n) is 1.63. The highest BCUT2D eigenvalue weighted by Gasteiger charge is 2.15. The van der Waals surface area contributed by atoms with Crippen LogP contribution in [0.4, 0.5) is 8.78 Å². The molecular formula is C16H26F2O. The summed E-state index contributed by atoms with van der Waals surface area (Å²) < 4.78 is 32.2. The van der Waals surface area contributed by atoms with Crippen LogP contribution in [0.2, 0.25) is 0 Å². The standard InChI is InChI=1S/C16H26F2O/c1-6-8-11-19-13(4)10-9-12(3)14(5)16(18)15(17)7-2/h7,12-13H,2,5-6,8-11H2,1,3-4H3/b16-15-. The molecule has 0 radical (unpaired) electrons. The minimum atomic E-state index is -0.941. The summed E-state index contributed by atoms with van der Waals surface area (Å²) in [6, 6.07) is 0. The van der Waals surface area contributed by atoms with Crippen LogP contribution in [-0.2, 0) is 4.74 Å². The van der Waals surface area contributed by atoms with Gasteiger partial charge in [0.05, 0.1) is 6.10 Å². The van der Waals surface area contributed by atoms with Gasteiger partial charge >= 0.3 is 0 Å². The molecule has 0 aliphatic rings. The van der Waals surface area contributed by atoms with Crippen LogP contribution in [0.25, 0.3) is 0 Å². The van der Waals surface area contributed by atoms with Gasteiger partial charge in [-0.3, -0.25) is 0 Å². The lowest BCUT2D eigenvalue weighted by atomic mass is 9.94. The van der Waals surface area contributed by atoms with Crippen molar-refractivity contribution in [1.82, 2.24) is 0 Å². The highest BCUT2D eigenvalue weighted by atomic mass is 19.2. The number of hydrogen-bond donors (Lipinski definition) is 0. The zero-order chi connectivity index (χ0) is 14.8. The molecule has 2 unspecified atom stereocenters. The summed E-state index contributed by atoms with van der Waals surface area (Å²) in [6.45, 7) is 13.5. The largest absolute Gasteiger partial charge is 0.379 e. The predicted octanol–water partition coefficient (Wildman–Crippen LogP) is 5.50. The maximum Gasteiger partial charge on any atom is 0.161 e. The Hall–Kier alpha value is -0.960. The van der Waals surface area contributed by atoms with Gasteiger partial charge in [-0.05, 0) is 43.8 Å². The van der Waals surface area contributed by atoms with Crippen molar-refractivity contribution in [3.05, 3.63) is 36.5 Å². The lowest BCUT2D eigenvalue weighted by Crippen LogP contribution is -2.12. The molecule has 19 heavy (non-hydrogen) atoms. The van der Waals surface area contributed by atoms with Crippen molar-refractivity contribution in [1.29, 1.82) is 0 Å². The third-order valence-corrected chi connectivity index (χ3v) is 3.17. The van der Waals surface area contributed by atoms with Gasteiger partial charge in [0, 0.05) is 6.61 Å². The van der Waals surface area contributed by atoms with Crippen LogP contribution in [0.15, 0.2) is 36.5 Å². The van der Waals surface area contributed by atoms with Crippen LogP contribution in [0.3, 0.4) is 0 Å². The van der Waals surface area contributed by atoms with Crippen molar-refractivity contribution in [3.8, 4) is 0 Å². The Bertz CT molecular complexity index is 321. The van der Waals surface area contributed by atoms with Gasteiger partial charge in [0.2, 0.25) is 0 Å². The molecular weight excluding hydrogens is 246 g/mol. The Morgan fingerprint density at radius 2 is 1.89 bits per heavy atom. The topological polar surface area (TPSA) is 9.23 Å². The quantitative estimate of drug-likeness (QED) is 0.377. The SMILES string of the molecule is C=C/C(F)=C(/F)C(=C)C(C)CCC(C)OCCCC. The van der Waals surface area contributed by atoms with E-state index >= 15 is 0 Å². The van der Waals surface area contributed by atoms with Gasteiger partial charge in [0.15, 0.2) is 11.7 Å². The van der Waals surface area contributed by atoms with Gasteiger partial charge < -0.3 is 4.74 Å². The molecule has 0 saturated carbocycles. The fourth-order valence-corrected chi connectivity index (χ4v) is 1.63. The van der Waals surface area contributed by atoms with Crippen LogP contribution in [-0.4, -0.2) is 12.7 Å². The Kier molecular flexibility index (Phi) is 9.40. The van der Waals surface area contributed by atoms with Crippen molar-refractivity contribution < 1.29 is 13.5 Å². The van der Waals surface area contributed by atoms with Gasteiger partial charge in [0.25, 0.3) is 0 Å². The van der Waals surface area contributed by atoms with Gasteiger partial charge in [-0.15, -0.1) is 0 Å². The van der Waals surface area contributed by atoms with E-state index in [0.717, 1.165) is 38.4 Å². The van der Waals surface area contributed by atoms with Crippen molar-refractivity contribution in [2.75, 3.05) is 6.61 Å². The van der Waals surface area contributed by atoms with E-state index in [9.17, 15) is 8.78 Å². The van der Waals surface area contributed by atoms with Gasteiger partial charge in [-0.25, -0.2) is 8.78 Å². The third kappa shape index (κ3) is 7.26. The highest BCUT2D eigenvalue weighted by Crippen LogP contribution is 2.27. The van der Waals surface area contributed by atoms with Crippen LogP contribution in [0, 0.1) is 5.92 Å². The second-order valence-electron chi connectivity index (χ2n) is 4.90. The highest BCUT2D eigenvalue weighted by molar-refractivity contribution is 5.30. The minimum Gasteiger partial charge on any atom is -0.379 e. The molecule has 0 spiro atoms. The molecule has 0 aromatic rings. The first-order valence-electron chi connectivity index (χ1n) is 6.92. The maximum atomic E-state index is 13.5. The molecule has 0 bridgehead atoms. The molecule has 1 nitrogen and oxygen atoms in total. The van der Waals surface area contributed by atoms with Crippen molar-refractivity contribution >= 4 is 0 Å². The normalized spacial score (nSPS) is 15.6. The van der Waals surface area contributed by atoms with E-state index in [1.54, 1.807) is 0 Å². The zero-order valence-electron chi connectivity index (χ0n) is 12.3. The number of rotatable bonds is 10. The molecule has 0 N–H and O–H groups in total. The van der Waals surface area contributed by atoms with E-state index in [1.807, 2.05) is 13.8 Å². The van der Waals surface area contributed by atoms with Crippen LogP contribution >= 0.6 is 0 Å². The van der Waals surface area contributed by atoms with E-state index in [-0.39, 0.29) is 17.6 Å². The maximum absolute atomic E-state index is 13.5.